The Balaban J connectivity index is 3.07. The van der Waals surface area contributed by atoms with Crippen LogP contribution in [0.15, 0.2) is 18.2 Å². The van der Waals surface area contributed by atoms with Gasteiger partial charge in [0.25, 0.3) is 5.69 Å². The molecule has 1 aromatic carbocycles. The molecule has 0 unspecified atom stereocenters. The van der Waals surface area contributed by atoms with Crippen LogP contribution < -0.4 is 5.32 Å². The number of nitro groups is 1. The highest BCUT2D eigenvalue weighted by atomic mass is 16.6. The van der Waals surface area contributed by atoms with Crippen molar-refractivity contribution >= 4 is 11.4 Å². The van der Waals surface area contributed by atoms with Crippen LogP contribution in [0.25, 0.3) is 0 Å². The number of nitrogens with one attached hydrogen (secondary N) is 1. The maximum absolute atomic E-state index is 10.8. The molecule has 0 aliphatic carbocycles. The van der Waals surface area contributed by atoms with Crippen LogP contribution in [-0.4, -0.2) is 10.5 Å². The van der Waals surface area contributed by atoms with Gasteiger partial charge in [0.2, 0.25) is 0 Å². The molecule has 0 aromatic heterocycles. The molecule has 1 aromatic rings. The molecule has 0 aliphatic rings. The van der Waals surface area contributed by atoms with Crippen LogP contribution >= 0.6 is 0 Å². The largest absolute Gasteiger partial charge is 0.380 e. The molecule has 4 nitrogen and oxygen atoms in total. The second-order valence-electron chi connectivity index (χ2n) is 4.57. The van der Waals surface area contributed by atoms with Gasteiger partial charge in [0.05, 0.1) is 4.92 Å². The van der Waals surface area contributed by atoms with Gasteiger partial charge in [0.15, 0.2) is 0 Å². The van der Waals surface area contributed by atoms with E-state index in [1.54, 1.807) is 13.0 Å². The summed E-state index contributed by atoms with van der Waals surface area (Å²) in [5.74, 6) is 0. The lowest BCUT2D eigenvalue weighted by Crippen LogP contribution is -2.30. The molecular formula is C12H18N2O2. The maximum Gasteiger partial charge on any atom is 0.274 e. The Bertz CT molecular complexity index is 400. The third-order valence-corrected chi connectivity index (χ3v) is 2.86. The highest BCUT2D eigenvalue weighted by Crippen LogP contribution is 2.28. The van der Waals surface area contributed by atoms with Gasteiger partial charge in [-0.15, -0.1) is 0 Å². The van der Waals surface area contributed by atoms with E-state index in [1.807, 2.05) is 6.07 Å². The van der Waals surface area contributed by atoms with E-state index in [1.165, 1.54) is 6.07 Å². The number of anilines is 1. The highest BCUT2D eigenvalue weighted by Gasteiger charge is 2.19. The third-order valence-electron chi connectivity index (χ3n) is 2.86. The molecule has 0 bridgehead atoms. The van der Waals surface area contributed by atoms with Crippen molar-refractivity contribution in [2.75, 3.05) is 5.32 Å². The summed E-state index contributed by atoms with van der Waals surface area (Å²) in [6.45, 7) is 8.00. The van der Waals surface area contributed by atoms with Crippen molar-refractivity contribution in [3.63, 3.8) is 0 Å². The van der Waals surface area contributed by atoms with Gasteiger partial charge >= 0.3 is 0 Å². The fourth-order valence-electron chi connectivity index (χ4n) is 1.41. The van der Waals surface area contributed by atoms with Crippen molar-refractivity contribution in [1.82, 2.24) is 0 Å². The van der Waals surface area contributed by atoms with Gasteiger partial charge in [-0.1, -0.05) is 13.0 Å². The van der Waals surface area contributed by atoms with Crippen molar-refractivity contribution in [2.24, 2.45) is 0 Å². The highest BCUT2D eigenvalue weighted by molar-refractivity contribution is 5.60. The summed E-state index contributed by atoms with van der Waals surface area (Å²) in [5.41, 5.74) is 1.63. The van der Waals surface area contributed by atoms with Gasteiger partial charge in [-0.3, -0.25) is 10.1 Å². The Labute approximate surface area is 95.8 Å². The van der Waals surface area contributed by atoms with Gasteiger partial charge in [0.1, 0.15) is 0 Å². The number of hydrogen-bond donors (Lipinski definition) is 1. The molecular weight excluding hydrogens is 204 g/mol. The Morgan fingerprint density at radius 3 is 2.56 bits per heavy atom. The van der Waals surface area contributed by atoms with Crippen molar-refractivity contribution in [3.05, 3.63) is 33.9 Å². The molecule has 0 saturated carbocycles. The lowest BCUT2D eigenvalue weighted by atomic mass is 10.0. The normalized spacial score (nSPS) is 11.2. The summed E-state index contributed by atoms with van der Waals surface area (Å²) >= 11 is 0. The molecule has 1 N–H and O–H groups in total. The van der Waals surface area contributed by atoms with E-state index in [2.05, 4.69) is 26.1 Å². The molecule has 0 fully saturated rings. The van der Waals surface area contributed by atoms with Crippen molar-refractivity contribution in [1.29, 1.82) is 0 Å². The molecule has 0 aliphatic heterocycles. The van der Waals surface area contributed by atoms with Gasteiger partial charge < -0.3 is 5.32 Å². The minimum absolute atomic E-state index is 0.0556. The second-order valence-corrected chi connectivity index (χ2v) is 4.57. The molecule has 16 heavy (non-hydrogen) atoms. The molecule has 0 radical (unpaired) electrons. The fourth-order valence-corrected chi connectivity index (χ4v) is 1.41. The summed E-state index contributed by atoms with van der Waals surface area (Å²) in [6.07, 6.45) is 0.954. The summed E-state index contributed by atoms with van der Waals surface area (Å²) in [7, 11) is 0. The number of benzene rings is 1. The quantitative estimate of drug-likeness (QED) is 0.626. The van der Waals surface area contributed by atoms with Crippen LogP contribution in [0.3, 0.4) is 0 Å². The first-order chi connectivity index (χ1) is 7.37. The van der Waals surface area contributed by atoms with E-state index in [0.717, 1.165) is 12.1 Å². The van der Waals surface area contributed by atoms with E-state index < -0.39 is 0 Å². The first kappa shape index (κ1) is 12.5. The van der Waals surface area contributed by atoms with Gasteiger partial charge in [0, 0.05) is 22.9 Å². The Kier molecular flexibility index (Phi) is 3.52. The average Bonchev–Trinajstić information content (AvgIpc) is 2.20. The van der Waals surface area contributed by atoms with E-state index in [9.17, 15) is 10.1 Å². The molecule has 88 valence electrons. The summed E-state index contributed by atoms with van der Waals surface area (Å²) < 4.78 is 0. The first-order valence-corrected chi connectivity index (χ1v) is 5.39. The van der Waals surface area contributed by atoms with Crippen LogP contribution in [0.4, 0.5) is 11.4 Å². The summed E-state index contributed by atoms with van der Waals surface area (Å²) in [5, 5.41) is 14.1. The zero-order valence-electron chi connectivity index (χ0n) is 10.2. The van der Waals surface area contributed by atoms with Crippen LogP contribution in [0.2, 0.25) is 0 Å². The molecule has 0 saturated heterocycles. The van der Waals surface area contributed by atoms with Gasteiger partial charge in [-0.25, -0.2) is 0 Å². The van der Waals surface area contributed by atoms with E-state index >= 15 is 0 Å². The monoisotopic (exact) mass is 222 g/mol. The van der Waals surface area contributed by atoms with Crippen LogP contribution in [0, 0.1) is 17.0 Å². The van der Waals surface area contributed by atoms with E-state index in [4.69, 9.17) is 0 Å². The Morgan fingerprint density at radius 2 is 2.06 bits per heavy atom. The number of nitro benzene ring substituents is 1. The lowest BCUT2D eigenvalue weighted by molar-refractivity contribution is -0.385. The van der Waals surface area contributed by atoms with Crippen molar-refractivity contribution in [2.45, 2.75) is 39.7 Å². The van der Waals surface area contributed by atoms with Gasteiger partial charge in [-0.2, -0.15) is 0 Å². The molecule has 0 heterocycles. The molecule has 0 atom stereocenters. The third kappa shape index (κ3) is 2.72. The van der Waals surface area contributed by atoms with Crippen LogP contribution in [0.5, 0.6) is 0 Å². The van der Waals surface area contributed by atoms with Crippen LogP contribution in [-0.2, 0) is 0 Å². The summed E-state index contributed by atoms with van der Waals surface area (Å²) in [4.78, 5) is 10.4. The van der Waals surface area contributed by atoms with Crippen molar-refractivity contribution < 1.29 is 4.92 Å². The average molecular weight is 222 g/mol. The lowest BCUT2D eigenvalue weighted by Gasteiger charge is -2.26. The fraction of sp³-hybridized carbons (Fsp3) is 0.500. The smallest absolute Gasteiger partial charge is 0.274 e. The standard InChI is InChI=1S/C12H18N2O2/c1-5-12(3,4)13-10-7-6-8-11(9(10)2)14(15)16/h6-8,13H,5H2,1-4H3. The van der Waals surface area contributed by atoms with Crippen molar-refractivity contribution in [3.8, 4) is 0 Å². The molecule has 0 amide bonds. The minimum atomic E-state index is -0.348. The SMILES string of the molecule is CCC(C)(C)Nc1cccc([N+](=O)[O-])c1C. The topological polar surface area (TPSA) is 55.2 Å². The molecule has 4 heteroatoms. The second kappa shape index (κ2) is 4.51. The first-order valence-electron chi connectivity index (χ1n) is 5.39. The Morgan fingerprint density at radius 1 is 1.44 bits per heavy atom. The minimum Gasteiger partial charge on any atom is -0.380 e. The predicted molar refractivity (Wildman–Crippen MR) is 65.8 cm³/mol. The number of nitrogens with zero attached hydrogens (tertiary/aromatic N) is 1. The predicted octanol–water partition coefficient (Wildman–Crippen LogP) is 3.50. The number of hydrogen-bond acceptors (Lipinski definition) is 3. The Hall–Kier alpha value is -1.58. The number of rotatable bonds is 4. The van der Waals surface area contributed by atoms with Crippen LogP contribution in [0.1, 0.15) is 32.8 Å². The molecule has 0 spiro atoms. The van der Waals surface area contributed by atoms with E-state index in [-0.39, 0.29) is 16.1 Å². The zero-order chi connectivity index (χ0) is 12.3. The molecule has 1 rings (SSSR count). The zero-order valence-corrected chi connectivity index (χ0v) is 10.2. The maximum atomic E-state index is 10.8. The summed E-state index contributed by atoms with van der Waals surface area (Å²) in [6, 6.07) is 5.11. The van der Waals surface area contributed by atoms with Gasteiger partial charge in [-0.05, 0) is 33.3 Å². The van der Waals surface area contributed by atoms with E-state index in [0.29, 0.717) is 5.56 Å².